The van der Waals surface area contributed by atoms with E-state index in [-0.39, 0.29) is 28.9 Å². The van der Waals surface area contributed by atoms with E-state index in [2.05, 4.69) is 24.7 Å². The monoisotopic (exact) mass is 624 g/mol. The molecule has 0 saturated carbocycles. The van der Waals surface area contributed by atoms with Crippen LogP contribution in [0.5, 0.6) is 5.75 Å². The molecule has 14 nitrogen and oxygen atoms in total. The minimum absolute atomic E-state index is 0.0969. The van der Waals surface area contributed by atoms with E-state index in [1.165, 1.54) is 31.4 Å². The molecule has 0 atom stereocenters. The van der Waals surface area contributed by atoms with Gasteiger partial charge in [0.2, 0.25) is 31.9 Å². The minimum Gasteiger partial charge on any atom is -0.494 e. The highest BCUT2D eigenvalue weighted by Gasteiger charge is 2.26. The van der Waals surface area contributed by atoms with Gasteiger partial charge in [-0.2, -0.15) is 15.0 Å². The molecule has 42 heavy (non-hydrogen) atoms. The molecule has 0 aliphatic carbocycles. The van der Waals surface area contributed by atoms with E-state index in [0.717, 1.165) is 4.57 Å². The molecule has 0 bridgehead atoms. The van der Waals surface area contributed by atoms with Crippen LogP contribution in [-0.4, -0.2) is 86.3 Å². The van der Waals surface area contributed by atoms with Crippen LogP contribution in [0.3, 0.4) is 0 Å². The topological polar surface area (TPSA) is 185 Å². The standard InChI is InChI=1S/C24H26F2N8O6S2/c1-39-18-4-2-3-17-19(18)28-22(20(25)26)34(17)24-30-21(29-23(31-24)33-9-11-40-12-10-33)15-5-7-16(8-6-15)32-42(37,38)14-13-41(27,35)36/h2-8,20,32H,9-14H2,1H3,(H2,27,35,36). The van der Waals surface area contributed by atoms with Crippen molar-refractivity contribution in [2.24, 2.45) is 5.14 Å². The number of rotatable bonds is 10. The molecule has 3 N–H and O–H groups in total. The number of imidazole rings is 1. The second-order valence-corrected chi connectivity index (χ2v) is 12.7. The van der Waals surface area contributed by atoms with E-state index in [4.69, 9.17) is 14.6 Å². The molecule has 2 aromatic heterocycles. The summed E-state index contributed by atoms with van der Waals surface area (Å²) in [5, 5.41) is 4.90. The van der Waals surface area contributed by atoms with Crippen LogP contribution < -0.4 is 19.5 Å². The average molecular weight is 625 g/mol. The van der Waals surface area contributed by atoms with Gasteiger partial charge in [0.05, 0.1) is 37.3 Å². The third-order valence-corrected chi connectivity index (χ3v) is 8.57. The molecular formula is C24H26F2N8O6S2. The maximum Gasteiger partial charge on any atom is 0.296 e. The molecule has 224 valence electrons. The number of hydrogen-bond acceptors (Lipinski definition) is 11. The molecule has 4 aromatic rings. The van der Waals surface area contributed by atoms with Crippen molar-refractivity contribution in [1.29, 1.82) is 0 Å². The Kier molecular flexibility index (Phi) is 8.22. The number of morpholine rings is 1. The van der Waals surface area contributed by atoms with Crippen LogP contribution in [0.2, 0.25) is 0 Å². The predicted octanol–water partition coefficient (Wildman–Crippen LogP) is 1.69. The lowest BCUT2D eigenvalue weighted by molar-refractivity contribution is 0.122. The summed E-state index contributed by atoms with van der Waals surface area (Å²) in [5.41, 5.74) is 1.10. The molecular weight excluding hydrogens is 598 g/mol. The lowest BCUT2D eigenvalue weighted by atomic mass is 10.2. The summed E-state index contributed by atoms with van der Waals surface area (Å²) in [6.45, 7) is 1.76. The molecule has 1 saturated heterocycles. The summed E-state index contributed by atoms with van der Waals surface area (Å²) in [6.07, 6.45) is -2.96. The number of nitrogens with two attached hydrogens (primary N) is 1. The largest absolute Gasteiger partial charge is 0.494 e. The number of nitrogens with one attached hydrogen (secondary N) is 1. The SMILES string of the molecule is COc1cccc2c1nc(C(F)F)n2-c1nc(-c2ccc(NS(=O)(=O)CCS(N)(=O)=O)cc2)nc(N2CCOCC2)n1. The van der Waals surface area contributed by atoms with Crippen molar-refractivity contribution in [2.45, 2.75) is 6.43 Å². The first-order chi connectivity index (χ1) is 19.9. The van der Waals surface area contributed by atoms with Crippen LogP contribution >= 0.6 is 0 Å². The van der Waals surface area contributed by atoms with Crippen molar-refractivity contribution in [1.82, 2.24) is 24.5 Å². The van der Waals surface area contributed by atoms with Gasteiger partial charge in [-0.25, -0.2) is 35.7 Å². The minimum atomic E-state index is -4.00. The normalized spacial score (nSPS) is 14.5. The number of halogens is 2. The fourth-order valence-electron chi connectivity index (χ4n) is 4.24. The Morgan fingerprint density at radius 3 is 2.31 bits per heavy atom. The van der Waals surface area contributed by atoms with Gasteiger partial charge >= 0.3 is 0 Å². The van der Waals surface area contributed by atoms with Crippen LogP contribution in [0.1, 0.15) is 12.2 Å². The van der Waals surface area contributed by atoms with Gasteiger partial charge in [-0.05, 0) is 36.4 Å². The quantitative estimate of drug-likeness (QED) is 0.262. The van der Waals surface area contributed by atoms with Crippen molar-refractivity contribution in [3.05, 3.63) is 48.3 Å². The maximum absolute atomic E-state index is 14.2. The van der Waals surface area contributed by atoms with Crippen LogP contribution in [0, 0.1) is 0 Å². The Morgan fingerprint density at radius 1 is 0.976 bits per heavy atom. The highest BCUT2D eigenvalue weighted by molar-refractivity contribution is 7.95. The average Bonchev–Trinajstić information content (AvgIpc) is 3.37. The van der Waals surface area contributed by atoms with E-state index in [1.54, 1.807) is 18.2 Å². The molecule has 18 heteroatoms. The molecule has 0 radical (unpaired) electrons. The zero-order valence-electron chi connectivity index (χ0n) is 22.1. The van der Waals surface area contributed by atoms with Crippen molar-refractivity contribution < 1.29 is 35.1 Å². The van der Waals surface area contributed by atoms with Crippen molar-refractivity contribution in [2.75, 3.05) is 54.5 Å². The Morgan fingerprint density at radius 2 is 1.67 bits per heavy atom. The molecule has 0 spiro atoms. The Hall–Kier alpha value is -4.00. The Labute approximate surface area is 239 Å². The molecule has 1 aliphatic rings. The summed E-state index contributed by atoms with van der Waals surface area (Å²) in [7, 11) is -6.56. The number of ether oxygens (including phenoxy) is 2. The zero-order chi connectivity index (χ0) is 30.1. The van der Waals surface area contributed by atoms with Gasteiger partial charge in [-0.3, -0.25) is 9.29 Å². The van der Waals surface area contributed by atoms with E-state index in [0.29, 0.717) is 43.1 Å². The molecule has 0 amide bonds. The fraction of sp³-hybridized carbons (Fsp3) is 0.333. The molecule has 2 aromatic carbocycles. The first-order valence-corrected chi connectivity index (χ1v) is 15.8. The first kappa shape index (κ1) is 29.5. The number of nitrogens with zero attached hydrogens (tertiary/aromatic N) is 6. The Balaban J connectivity index is 1.57. The van der Waals surface area contributed by atoms with Gasteiger partial charge in [-0.15, -0.1) is 0 Å². The van der Waals surface area contributed by atoms with Gasteiger partial charge in [0.15, 0.2) is 11.6 Å². The summed E-state index contributed by atoms with van der Waals surface area (Å²) >= 11 is 0. The Bertz CT molecular complexity index is 1810. The van der Waals surface area contributed by atoms with Gasteiger partial charge in [0, 0.05) is 24.3 Å². The fourth-order valence-corrected chi connectivity index (χ4v) is 6.65. The maximum atomic E-state index is 14.2. The molecule has 3 heterocycles. The lowest BCUT2D eigenvalue weighted by Gasteiger charge is -2.27. The van der Waals surface area contributed by atoms with Crippen LogP contribution in [0.4, 0.5) is 20.4 Å². The zero-order valence-corrected chi connectivity index (χ0v) is 23.8. The second-order valence-electron chi connectivity index (χ2n) is 9.16. The number of anilines is 2. The molecule has 5 rings (SSSR count). The first-order valence-electron chi connectivity index (χ1n) is 12.5. The highest BCUT2D eigenvalue weighted by Crippen LogP contribution is 2.32. The number of primary sulfonamides is 1. The van der Waals surface area contributed by atoms with Crippen molar-refractivity contribution in [3.8, 4) is 23.1 Å². The third kappa shape index (κ3) is 6.56. The summed E-state index contributed by atoms with van der Waals surface area (Å²) in [4.78, 5) is 19.6. The lowest BCUT2D eigenvalue weighted by Crippen LogP contribution is -2.37. The van der Waals surface area contributed by atoms with Crippen molar-refractivity contribution in [3.63, 3.8) is 0 Å². The van der Waals surface area contributed by atoms with Gasteiger partial charge in [0.25, 0.3) is 6.43 Å². The third-order valence-electron chi connectivity index (χ3n) is 6.25. The molecule has 1 aliphatic heterocycles. The van der Waals surface area contributed by atoms with Gasteiger partial charge < -0.3 is 14.4 Å². The van der Waals surface area contributed by atoms with E-state index >= 15 is 0 Å². The van der Waals surface area contributed by atoms with Crippen LogP contribution in [0.25, 0.3) is 28.4 Å². The summed E-state index contributed by atoms with van der Waals surface area (Å²) in [6, 6.07) is 10.8. The van der Waals surface area contributed by atoms with Gasteiger partial charge in [-0.1, -0.05) is 6.07 Å². The van der Waals surface area contributed by atoms with Crippen LogP contribution in [0.15, 0.2) is 42.5 Å². The number of alkyl halides is 2. The number of para-hydroxylation sites is 1. The number of benzene rings is 2. The summed E-state index contributed by atoms with van der Waals surface area (Å²) in [5.74, 6) is -1.47. The smallest absolute Gasteiger partial charge is 0.296 e. The number of fused-ring (bicyclic) bond motifs is 1. The van der Waals surface area contributed by atoms with E-state index in [9.17, 15) is 25.6 Å². The van der Waals surface area contributed by atoms with Crippen LogP contribution in [-0.2, 0) is 24.8 Å². The van der Waals surface area contributed by atoms with E-state index < -0.39 is 43.8 Å². The molecule has 0 unspecified atom stereocenters. The number of hydrogen-bond donors (Lipinski definition) is 2. The van der Waals surface area contributed by atoms with E-state index in [1.807, 2.05) is 4.90 Å². The number of sulfonamides is 2. The van der Waals surface area contributed by atoms with Gasteiger partial charge in [0.1, 0.15) is 11.3 Å². The number of methoxy groups -OCH3 is 1. The summed E-state index contributed by atoms with van der Waals surface area (Å²) < 4.78 is 89.5. The second kappa shape index (κ2) is 11.7. The predicted molar refractivity (Wildman–Crippen MR) is 150 cm³/mol. The number of aromatic nitrogens is 5. The van der Waals surface area contributed by atoms with Crippen molar-refractivity contribution >= 4 is 42.7 Å². The highest BCUT2D eigenvalue weighted by atomic mass is 32.2. The molecule has 1 fully saturated rings.